The van der Waals surface area contributed by atoms with E-state index in [1.54, 1.807) is 21.6 Å². The number of aryl methyl sites for hydroxylation is 1. The Morgan fingerprint density at radius 3 is 2.29 bits per heavy atom. The smallest absolute Gasteiger partial charge is 0.324 e. The molecule has 226 valence electrons. The van der Waals surface area contributed by atoms with E-state index in [4.69, 9.17) is 9.47 Å². The van der Waals surface area contributed by atoms with Crippen molar-refractivity contribution in [1.29, 1.82) is 0 Å². The zero-order chi connectivity index (χ0) is 30.6. The molecule has 0 saturated carbocycles. The Labute approximate surface area is 246 Å². The van der Waals surface area contributed by atoms with Crippen molar-refractivity contribution in [1.82, 2.24) is 15.1 Å². The molecule has 2 unspecified atom stereocenters. The fraction of sp³-hybridized carbons (Fsp3) is 0.452. The second-order valence-corrected chi connectivity index (χ2v) is 10.3. The van der Waals surface area contributed by atoms with E-state index in [0.29, 0.717) is 45.7 Å². The Bertz CT molecular complexity index is 1270. The van der Waals surface area contributed by atoms with Crippen LogP contribution in [-0.2, 0) is 41.6 Å². The fourth-order valence-corrected chi connectivity index (χ4v) is 5.06. The summed E-state index contributed by atoms with van der Waals surface area (Å²) in [4.78, 5) is 62.7. The first-order valence-electron chi connectivity index (χ1n) is 14.1. The lowest BCUT2D eigenvalue weighted by molar-refractivity contribution is -0.163. The summed E-state index contributed by atoms with van der Waals surface area (Å²) >= 11 is 0. The molecule has 1 fully saturated rings. The first-order chi connectivity index (χ1) is 20.1. The molecule has 4 amide bonds. The monoisotopic (exact) mass is 580 g/mol. The number of fused-ring (bicyclic) bond motifs is 1. The Kier molecular flexibility index (Phi) is 11.9. The highest BCUT2D eigenvalue weighted by atomic mass is 16.6. The van der Waals surface area contributed by atoms with E-state index in [-0.39, 0.29) is 18.4 Å². The van der Waals surface area contributed by atoms with Crippen LogP contribution in [0.4, 0.5) is 10.5 Å². The Balaban J connectivity index is 0.000000240. The van der Waals surface area contributed by atoms with Gasteiger partial charge < -0.3 is 24.6 Å². The average Bonchev–Trinajstić information content (AvgIpc) is 3.31. The molecule has 0 bridgehead atoms. The van der Waals surface area contributed by atoms with Crippen molar-refractivity contribution < 1.29 is 33.4 Å². The summed E-state index contributed by atoms with van der Waals surface area (Å²) < 4.78 is 10.2. The minimum Gasteiger partial charge on any atom is -0.463 e. The van der Waals surface area contributed by atoms with Gasteiger partial charge in [-0.15, -0.1) is 0 Å². The molecule has 11 heteroatoms. The highest BCUT2D eigenvalue weighted by molar-refractivity contribution is 5.94. The molecule has 0 radical (unpaired) electrons. The number of benzene rings is 2. The van der Waals surface area contributed by atoms with E-state index in [9.17, 15) is 24.0 Å². The minimum atomic E-state index is -0.942. The third-order valence-electron chi connectivity index (χ3n) is 7.05. The molecule has 0 aromatic heterocycles. The van der Waals surface area contributed by atoms with Crippen LogP contribution in [0.15, 0.2) is 48.5 Å². The van der Waals surface area contributed by atoms with Crippen LogP contribution < -0.4 is 10.2 Å². The van der Waals surface area contributed by atoms with Gasteiger partial charge in [0.2, 0.25) is 6.41 Å². The van der Waals surface area contributed by atoms with Gasteiger partial charge in [0, 0.05) is 65.2 Å². The molecule has 2 heterocycles. The summed E-state index contributed by atoms with van der Waals surface area (Å²) in [5, 5.41) is 2.57. The van der Waals surface area contributed by atoms with E-state index in [1.165, 1.54) is 19.4 Å². The third kappa shape index (κ3) is 9.05. The molecule has 1 saturated heterocycles. The predicted molar refractivity (Wildman–Crippen MR) is 157 cm³/mol. The van der Waals surface area contributed by atoms with Crippen molar-refractivity contribution in [2.75, 3.05) is 37.6 Å². The molecule has 2 aromatic rings. The van der Waals surface area contributed by atoms with Gasteiger partial charge in [-0.1, -0.05) is 42.5 Å². The van der Waals surface area contributed by atoms with E-state index in [0.717, 1.165) is 23.2 Å². The Morgan fingerprint density at radius 1 is 0.952 bits per heavy atom. The van der Waals surface area contributed by atoms with Crippen molar-refractivity contribution >= 4 is 36.0 Å². The molecule has 2 atom stereocenters. The van der Waals surface area contributed by atoms with Crippen LogP contribution in [-0.4, -0.2) is 85.0 Å². The highest BCUT2D eigenvalue weighted by Gasteiger charge is 2.32. The van der Waals surface area contributed by atoms with Crippen LogP contribution >= 0.6 is 0 Å². The molecule has 42 heavy (non-hydrogen) atoms. The zero-order valence-corrected chi connectivity index (χ0v) is 24.7. The summed E-state index contributed by atoms with van der Waals surface area (Å²) in [6.07, 6.45) is 0.124. The average molecular weight is 581 g/mol. The van der Waals surface area contributed by atoms with Crippen molar-refractivity contribution in [3.8, 4) is 0 Å². The van der Waals surface area contributed by atoms with Crippen molar-refractivity contribution in [3.05, 3.63) is 65.2 Å². The van der Waals surface area contributed by atoms with Crippen LogP contribution in [0.2, 0.25) is 0 Å². The number of urea groups is 1. The SMILES string of the molecule is CC(=O)OC(C)CC(OC(C)=O)C(=O)N1CCc2ccccc2C1.Cc1ccccc1N1CCN(CCNC=O)C1=O. The van der Waals surface area contributed by atoms with Gasteiger partial charge in [-0.3, -0.25) is 24.1 Å². The number of ether oxygens (including phenoxy) is 2. The Morgan fingerprint density at radius 2 is 1.62 bits per heavy atom. The molecule has 0 spiro atoms. The van der Waals surface area contributed by atoms with E-state index in [1.807, 2.05) is 49.4 Å². The van der Waals surface area contributed by atoms with Gasteiger partial charge in [0.15, 0.2) is 6.10 Å². The quantitative estimate of drug-likeness (QED) is 0.260. The molecule has 1 N–H and O–H groups in total. The largest absolute Gasteiger partial charge is 0.463 e. The predicted octanol–water partition coefficient (Wildman–Crippen LogP) is 2.83. The number of carbonyl (C=O) groups is 5. The number of para-hydroxylation sites is 1. The van der Waals surface area contributed by atoms with Crippen molar-refractivity contribution in [2.24, 2.45) is 0 Å². The highest BCUT2D eigenvalue weighted by Crippen LogP contribution is 2.24. The van der Waals surface area contributed by atoms with Gasteiger partial charge in [0.05, 0.1) is 0 Å². The molecule has 2 aromatic carbocycles. The maximum Gasteiger partial charge on any atom is 0.324 e. The van der Waals surface area contributed by atoms with Gasteiger partial charge in [-0.05, 0) is 43.0 Å². The number of rotatable bonds is 10. The van der Waals surface area contributed by atoms with Gasteiger partial charge in [0.1, 0.15) is 6.10 Å². The standard InChI is InChI=1S/C18H23NO5.C13H17N3O2/c1-12(23-13(2)20)10-17(24-14(3)21)18(22)19-9-8-15-6-4-5-7-16(15)11-19;1-11-4-2-3-5-12(11)16-9-8-15(13(16)18)7-6-14-10-17/h4-7,12,17H,8-11H2,1-3H3;2-5,10H,6-9H2,1H3,(H,14,17). The lowest BCUT2D eigenvalue weighted by Gasteiger charge is -2.32. The summed E-state index contributed by atoms with van der Waals surface area (Å²) in [7, 11) is 0. The van der Waals surface area contributed by atoms with E-state index in [2.05, 4.69) is 11.4 Å². The van der Waals surface area contributed by atoms with E-state index < -0.39 is 24.1 Å². The fourth-order valence-electron chi connectivity index (χ4n) is 5.06. The summed E-state index contributed by atoms with van der Waals surface area (Å²) in [6.45, 7) is 9.78. The van der Waals surface area contributed by atoms with E-state index >= 15 is 0 Å². The number of hydrogen-bond acceptors (Lipinski definition) is 7. The molecule has 2 aliphatic heterocycles. The molecular formula is C31H40N4O7. The summed E-state index contributed by atoms with van der Waals surface area (Å²) in [5.74, 6) is -1.21. The van der Waals surface area contributed by atoms with Crippen molar-refractivity contribution in [2.45, 2.75) is 59.3 Å². The summed E-state index contributed by atoms with van der Waals surface area (Å²) in [6, 6.07) is 15.9. The number of hydrogen-bond donors (Lipinski definition) is 1. The number of nitrogens with zero attached hydrogens (tertiary/aromatic N) is 3. The summed E-state index contributed by atoms with van der Waals surface area (Å²) in [5.41, 5.74) is 4.40. The van der Waals surface area contributed by atoms with Crippen LogP contribution in [0.5, 0.6) is 0 Å². The molecule has 0 aliphatic carbocycles. The first kappa shape index (κ1) is 32.1. The lowest BCUT2D eigenvalue weighted by atomic mass is 9.99. The molecule has 4 rings (SSSR count). The second kappa shape index (κ2) is 15.6. The lowest BCUT2D eigenvalue weighted by Crippen LogP contribution is -2.45. The Hall–Kier alpha value is -4.41. The second-order valence-electron chi connectivity index (χ2n) is 10.3. The van der Waals surface area contributed by atoms with Crippen LogP contribution in [0.3, 0.4) is 0 Å². The van der Waals surface area contributed by atoms with Gasteiger partial charge in [-0.2, -0.15) is 0 Å². The van der Waals surface area contributed by atoms with Crippen molar-refractivity contribution in [3.63, 3.8) is 0 Å². The van der Waals surface area contributed by atoms with Gasteiger partial charge in [0.25, 0.3) is 5.91 Å². The van der Waals surface area contributed by atoms with Crippen LogP contribution in [0.1, 0.15) is 43.9 Å². The number of anilines is 1. The number of amides is 4. The number of esters is 2. The van der Waals surface area contributed by atoms with Crippen LogP contribution in [0, 0.1) is 6.92 Å². The normalized spacial score (nSPS) is 15.5. The maximum absolute atomic E-state index is 12.8. The maximum atomic E-state index is 12.8. The minimum absolute atomic E-state index is 0.0111. The van der Waals surface area contributed by atoms with Gasteiger partial charge in [-0.25, -0.2) is 4.79 Å². The molecule has 11 nitrogen and oxygen atoms in total. The molecular weight excluding hydrogens is 540 g/mol. The van der Waals surface area contributed by atoms with Crippen LogP contribution in [0.25, 0.3) is 0 Å². The zero-order valence-electron chi connectivity index (χ0n) is 24.7. The van der Waals surface area contributed by atoms with Gasteiger partial charge >= 0.3 is 18.0 Å². The topological polar surface area (TPSA) is 126 Å². The third-order valence-corrected chi connectivity index (χ3v) is 7.05. The number of carbonyl (C=O) groups excluding carboxylic acids is 5. The first-order valence-corrected chi connectivity index (χ1v) is 14.1. The molecule has 2 aliphatic rings. The number of nitrogens with one attached hydrogen (secondary N) is 1.